The van der Waals surface area contributed by atoms with Crippen LogP contribution in [-0.4, -0.2) is 33.2 Å². The van der Waals surface area contributed by atoms with Crippen molar-refractivity contribution in [2.24, 2.45) is 9.98 Å². The van der Waals surface area contributed by atoms with E-state index in [1.807, 2.05) is 110 Å². The van der Waals surface area contributed by atoms with Crippen molar-refractivity contribution in [2.45, 2.75) is 19.9 Å². The summed E-state index contributed by atoms with van der Waals surface area (Å²) in [5, 5.41) is 19.8. The van der Waals surface area contributed by atoms with Gasteiger partial charge >= 0.3 is 0 Å². The van der Waals surface area contributed by atoms with Gasteiger partial charge in [0.2, 0.25) is 0 Å². The van der Waals surface area contributed by atoms with Gasteiger partial charge in [-0.25, -0.2) is 14.7 Å². The van der Waals surface area contributed by atoms with E-state index in [1.165, 1.54) is 0 Å². The van der Waals surface area contributed by atoms with Crippen LogP contribution in [0.15, 0.2) is 112 Å². The Bertz CT molecular complexity index is 1880. The number of amidine groups is 2. The monoisotopic (exact) mass is 618 g/mol. The Labute approximate surface area is 251 Å². The summed E-state index contributed by atoms with van der Waals surface area (Å²) < 4.78 is 8.64. The van der Waals surface area contributed by atoms with Gasteiger partial charge in [0, 0.05) is 15.6 Å². The molecule has 8 nitrogen and oxygen atoms in total. The zero-order chi connectivity index (χ0) is 28.8. The summed E-state index contributed by atoms with van der Waals surface area (Å²) in [6.07, 6.45) is 0. The Morgan fingerprint density at radius 3 is 2.52 bits per heavy atom. The van der Waals surface area contributed by atoms with E-state index in [-0.39, 0.29) is 5.75 Å². The summed E-state index contributed by atoms with van der Waals surface area (Å²) in [6, 6.07) is 30.8. The molecule has 0 spiro atoms. The van der Waals surface area contributed by atoms with Crippen molar-refractivity contribution in [3.63, 3.8) is 0 Å². The van der Waals surface area contributed by atoms with Gasteiger partial charge in [-0.2, -0.15) is 5.10 Å². The highest BCUT2D eigenvalue weighted by molar-refractivity contribution is 9.10. The SMILES string of the molecule is CCOc1ccccc1NC1=Nc2ccccc2N2C1=Nc1c(c(C)nn1-c1ccccc1)[C@H]2c1cc(Br)ccc1O. The highest BCUT2D eigenvalue weighted by Crippen LogP contribution is 2.50. The normalized spacial score (nSPS) is 15.2. The van der Waals surface area contributed by atoms with E-state index in [4.69, 9.17) is 19.8 Å². The zero-order valence-corrected chi connectivity index (χ0v) is 24.6. The third kappa shape index (κ3) is 4.33. The van der Waals surface area contributed by atoms with E-state index in [0.29, 0.717) is 24.1 Å². The molecule has 0 amide bonds. The average molecular weight is 620 g/mol. The number of anilines is 2. The molecule has 0 saturated carbocycles. The molecular weight excluding hydrogens is 592 g/mol. The number of phenolic OH excluding ortho intramolecular Hbond substituents is 1. The number of fused-ring (bicyclic) bond motifs is 4. The van der Waals surface area contributed by atoms with Crippen LogP contribution < -0.4 is 15.0 Å². The molecule has 0 fully saturated rings. The fraction of sp³-hybridized carbons (Fsp3) is 0.121. The predicted molar refractivity (Wildman–Crippen MR) is 170 cm³/mol. The van der Waals surface area contributed by atoms with Gasteiger partial charge in [0.1, 0.15) is 11.5 Å². The number of phenols is 1. The number of aromatic hydroxyl groups is 1. The molecule has 2 aliphatic heterocycles. The number of aryl methyl sites for hydroxylation is 1. The van der Waals surface area contributed by atoms with Gasteiger partial charge in [-0.05, 0) is 68.4 Å². The number of aliphatic imine (C=N–C) groups is 2. The van der Waals surface area contributed by atoms with Crippen molar-refractivity contribution in [2.75, 3.05) is 16.8 Å². The van der Waals surface area contributed by atoms with Crippen molar-refractivity contribution >= 4 is 50.5 Å². The maximum absolute atomic E-state index is 11.3. The fourth-order valence-corrected chi connectivity index (χ4v) is 5.94. The number of nitrogens with one attached hydrogen (secondary N) is 1. The molecule has 2 aliphatic rings. The van der Waals surface area contributed by atoms with Crippen LogP contribution in [0.25, 0.3) is 5.69 Å². The first kappa shape index (κ1) is 26.0. The Balaban J connectivity index is 1.51. The molecule has 4 aromatic carbocycles. The number of halogens is 1. The number of aromatic nitrogens is 2. The smallest absolute Gasteiger partial charge is 0.179 e. The second kappa shape index (κ2) is 10.5. The Kier molecular flexibility index (Phi) is 6.51. The third-order valence-electron chi connectivity index (χ3n) is 7.36. The van der Waals surface area contributed by atoms with Crippen LogP contribution in [0.4, 0.5) is 22.9 Å². The Morgan fingerprint density at radius 1 is 0.929 bits per heavy atom. The van der Waals surface area contributed by atoms with Gasteiger partial charge in [-0.1, -0.05) is 58.4 Å². The molecule has 0 radical (unpaired) electrons. The number of rotatable bonds is 5. The van der Waals surface area contributed by atoms with E-state index in [2.05, 4.69) is 26.1 Å². The molecular formula is C33H27BrN6O2. The fourth-order valence-electron chi connectivity index (χ4n) is 5.56. The highest BCUT2D eigenvalue weighted by atomic mass is 79.9. The molecule has 208 valence electrons. The summed E-state index contributed by atoms with van der Waals surface area (Å²) in [6.45, 7) is 4.48. The number of ether oxygens (including phenoxy) is 1. The highest BCUT2D eigenvalue weighted by Gasteiger charge is 2.42. The van der Waals surface area contributed by atoms with Crippen molar-refractivity contribution in [1.29, 1.82) is 0 Å². The molecule has 5 aromatic rings. The van der Waals surface area contributed by atoms with Gasteiger partial charge in [0.25, 0.3) is 0 Å². The molecule has 1 aromatic heterocycles. The lowest BCUT2D eigenvalue weighted by molar-refractivity contribution is 0.342. The minimum absolute atomic E-state index is 0.179. The van der Waals surface area contributed by atoms with Crippen LogP contribution in [0.2, 0.25) is 0 Å². The zero-order valence-electron chi connectivity index (χ0n) is 23.0. The number of nitrogens with zero attached hydrogens (tertiary/aromatic N) is 5. The maximum atomic E-state index is 11.3. The summed E-state index contributed by atoms with van der Waals surface area (Å²) in [4.78, 5) is 12.5. The summed E-state index contributed by atoms with van der Waals surface area (Å²) in [7, 11) is 0. The second-order valence-electron chi connectivity index (χ2n) is 9.98. The first-order valence-electron chi connectivity index (χ1n) is 13.7. The van der Waals surface area contributed by atoms with Crippen LogP contribution in [-0.2, 0) is 0 Å². The quantitative estimate of drug-likeness (QED) is 0.209. The van der Waals surface area contributed by atoms with Gasteiger partial charge in [-0.15, -0.1) is 0 Å². The van der Waals surface area contributed by atoms with Gasteiger partial charge in [0.05, 0.1) is 41.1 Å². The number of para-hydroxylation sites is 5. The third-order valence-corrected chi connectivity index (χ3v) is 7.86. The minimum atomic E-state index is -0.446. The predicted octanol–water partition coefficient (Wildman–Crippen LogP) is 7.84. The topological polar surface area (TPSA) is 87.3 Å². The molecule has 3 heterocycles. The number of hydrogen-bond donors (Lipinski definition) is 2. The number of hydrogen-bond acceptors (Lipinski definition) is 7. The summed E-state index contributed by atoms with van der Waals surface area (Å²) in [5.74, 6) is 2.75. The maximum Gasteiger partial charge on any atom is 0.179 e. The van der Waals surface area contributed by atoms with E-state index in [9.17, 15) is 5.11 Å². The molecule has 42 heavy (non-hydrogen) atoms. The average Bonchev–Trinajstić information content (AvgIpc) is 3.35. The largest absolute Gasteiger partial charge is 0.508 e. The lowest BCUT2D eigenvalue weighted by Gasteiger charge is -2.40. The molecule has 1 atom stereocenters. The van der Waals surface area contributed by atoms with E-state index < -0.39 is 6.04 Å². The molecule has 2 N–H and O–H groups in total. The molecule has 0 bridgehead atoms. The van der Waals surface area contributed by atoms with E-state index in [0.717, 1.165) is 49.8 Å². The first-order chi connectivity index (χ1) is 20.5. The van der Waals surface area contributed by atoms with E-state index >= 15 is 0 Å². The molecule has 0 aliphatic carbocycles. The minimum Gasteiger partial charge on any atom is -0.508 e. The van der Waals surface area contributed by atoms with Crippen LogP contribution in [0.5, 0.6) is 11.5 Å². The van der Waals surface area contributed by atoms with Crippen molar-refractivity contribution in [3.8, 4) is 17.2 Å². The standard InChI is InChI=1S/C33H27BrN6O2/c1-3-42-28-16-10-8-14-25(28)36-31-33-37-32-29(20(2)38-40(32)22-11-5-4-6-12-22)30(23-19-21(34)17-18-27(23)41)39(33)26-15-9-7-13-24(26)35-31/h4-19,30,41H,3H2,1-2H3,(H,35,36)/t30-/m1/s1. The van der Waals surface area contributed by atoms with Gasteiger partial charge in [0.15, 0.2) is 17.5 Å². The van der Waals surface area contributed by atoms with Crippen LogP contribution in [0.1, 0.15) is 29.8 Å². The Morgan fingerprint density at radius 2 is 1.69 bits per heavy atom. The van der Waals surface area contributed by atoms with E-state index in [1.54, 1.807) is 6.07 Å². The molecule has 9 heteroatoms. The Hall–Kier alpha value is -4.89. The van der Waals surface area contributed by atoms with Crippen LogP contribution in [0, 0.1) is 6.92 Å². The van der Waals surface area contributed by atoms with Crippen molar-refractivity contribution in [3.05, 3.63) is 118 Å². The molecule has 0 saturated heterocycles. The van der Waals surface area contributed by atoms with Crippen LogP contribution >= 0.6 is 15.9 Å². The summed E-state index contributed by atoms with van der Waals surface area (Å²) in [5.41, 5.74) is 5.77. The summed E-state index contributed by atoms with van der Waals surface area (Å²) >= 11 is 3.63. The lowest BCUT2D eigenvalue weighted by atomic mass is 9.92. The number of benzene rings is 4. The second-order valence-corrected chi connectivity index (χ2v) is 10.9. The molecule has 7 rings (SSSR count). The first-order valence-corrected chi connectivity index (χ1v) is 14.5. The van der Waals surface area contributed by atoms with Crippen molar-refractivity contribution < 1.29 is 9.84 Å². The lowest BCUT2D eigenvalue weighted by Crippen LogP contribution is -2.46. The van der Waals surface area contributed by atoms with Crippen LogP contribution in [0.3, 0.4) is 0 Å². The van der Waals surface area contributed by atoms with Gasteiger partial charge < -0.3 is 20.1 Å². The molecule has 0 unspecified atom stereocenters. The van der Waals surface area contributed by atoms with Crippen molar-refractivity contribution in [1.82, 2.24) is 9.78 Å². The van der Waals surface area contributed by atoms with Gasteiger partial charge in [-0.3, -0.25) is 0 Å².